The molecule has 0 amide bonds. The molecule has 0 spiro atoms. The number of ketones is 1. The third kappa shape index (κ3) is 4.88. The average Bonchev–Trinajstić information content (AvgIpc) is 2.67. The summed E-state index contributed by atoms with van der Waals surface area (Å²) in [4.78, 5) is 23.6. The number of halogens is 1. The van der Waals surface area contributed by atoms with Crippen LogP contribution in [-0.2, 0) is 11.2 Å². The number of Topliss-reactive ketones (excluding diaryl/α,β-unsaturated/α-hetero) is 1. The molecular formula is C24H25ClO4. The Morgan fingerprint density at radius 1 is 1.10 bits per heavy atom. The summed E-state index contributed by atoms with van der Waals surface area (Å²) in [6.45, 7) is 7.53. The highest BCUT2D eigenvalue weighted by Crippen LogP contribution is 2.35. The van der Waals surface area contributed by atoms with Gasteiger partial charge in [-0.1, -0.05) is 44.0 Å². The predicted octanol–water partition coefficient (Wildman–Crippen LogP) is 6.06. The van der Waals surface area contributed by atoms with E-state index in [1.165, 1.54) is 18.6 Å². The Morgan fingerprint density at radius 3 is 2.52 bits per heavy atom. The third-order valence-electron chi connectivity index (χ3n) is 5.21. The molecule has 1 heterocycles. The van der Waals surface area contributed by atoms with Crippen LogP contribution in [0.4, 0.5) is 0 Å². The van der Waals surface area contributed by atoms with Crippen molar-refractivity contribution >= 4 is 28.4 Å². The standard InChI is InChI=1S/C24H25ClO4/c1-5-14(2)10-17-6-8-19(22(25)11-17)21-13-24(27)29-23-12-18(7-9-20(21)23)28-16(4)15(3)26/h6-9,11-14,16H,5,10H2,1-4H3/t14-,16+/m0/s1. The van der Waals surface area contributed by atoms with Crippen LogP contribution in [0.15, 0.2) is 51.7 Å². The van der Waals surface area contributed by atoms with E-state index in [2.05, 4.69) is 19.9 Å². The van der Waals surface area contributed by atoms with E-state index in [4.69, 9.17) is 20.8 Å². The van der Waals surface area contributed by atoms with Gasteiger partial charge in [-0.3, -0.25) is 4.79 Å². The molecule has 0 N–H and O–H groups in total. The molecule has 2 atom stereocenters. The monoisotopic (exact) mass is 412 g/mol. The maximum atomic E-state index is 12.2. The lowest BCUT2D eigenvalue weighted by molar-refractivity contribution is -0.122. The van der Waals surface area contributed by atoms with E-state index >= 15 is 0 Å². The van der Waals surface area contributed by atoms with Crippen molar-refractivity contribution in [1.82, 2.24) is 0 Å². The van der Waals surface area contributed by atoms with Gasteiger partial charge in [0.1, 0.15) is 11.3 Å². The zero-order valence-electron chi connectivity index (χ0n) is 17.1. The largest absolute Gasteiger partial charge is 0.483 e. The molecule has 0 radical (unpaired) electrons. The summed E-state index contributed by atoms with van der Waals surface area (Å²) >= 11 is 6.58. The maximum Gasteiger partial charge on any atom is 0.336 e. The Balaban J connectivity index is 2.03. The van der Waals surface area contributed by atoms with E-state index < -0.39 is 11.7 Å². The molecular weight excluding hydrogens is 388 g/mol. The minimum absolute atomic E-state index is 0.0791. The second-order valence-corrected chi connectivity index (χ2v) is 7.95. The van der Waals surface area contributed by atoms with Crippen LogP contribution in [0.2, 0.25) is 5.02 Å². The van der Waals surface area contributed by atoms with Crippen LogP contribution in [0.3, 0.4) is 0 Å². The van der Waals surface area contributed by atoms with Gasteiger partial charge in [-0.05, 0) is 49.9 Å². The minimum Gasteiger partial charge on any atom is -0.483 e. The molecule has 0 aliphatic heterocycles. The zero-order chi connectivity index (χ0) is 21.1. The van der Waals surface area contributed by atoms with Crippen molar-refractivity contribution in [2.75, 3.05) is 0 Å². The molecule has 0 unspecified atom stereocenters. The van der Waals surface area contributed by atoms with Gasteiger partial charge in [0.25, 0.3) is 0 Å². The van der Waals surface area contributed by atoms with Gasteiger partial charge in [0, 0.05) is 33.7 Å². The van der Waals surface area contributed by atoms with Crippen molar-refractivity contribution in [3.8, 4) is 16.9 Å². The smallest absolute Gasteiger partial charge is 0.336 e. The number of rotatable bonds is 7. The van der Waals surface area contributed by atoms with Crippen molar-refractivity contribution in [2.45, 2.75) is 46.6 Å². The zero-order valence-corrected chi connectivity index (χ0v) is 17.9. The third-order valence-corrected chi connectivity index (χ3v) is 5.52. The molecule has 2 aromatic carbocycles. The maximum absolute atomic E-state index is 12.2. The highest BCUT2D eigenvalue weighted by atomic mass is 35.5. The number of hydrogen-bond donors (Lipinski definition) is 0. The Kier molecular flexibility index (Phi) is 6.43. The first kappa shape index (κ1) is 21.1. The fourth-order valence-corrected chi connectivity index (χ4v) is 3.48. The number of benzene rings is 2. The van der Waals surface area contributed by atoms with Crippen molar-refractivity contribution in [3.63, 3.8) is 0 Å². The van der Waals surface area contributed by atoms with Crippen molar-refractivity contribution in [2.24, 2.45) is 5.92 Å². The Labute approximate surface area is 175 Å². The molecule has 1 aromatic heterocycles. The molecule has 5 heteroatoms. The lowest BCUT2D eigenvalue weighted by Crippen LogP contribution is -2.20. The second-order valence-electron chi connectivity index (χ2n) is 7.54. The SMILES string of the molecule is CC[C@H](C)Cc1ccc(-c2cc(=O)oc3cc(O[C@H](C)C(C)=O)ccc23)c(Cl)c1. The topological polar surface area (TPSA) is 56.5 Å². The minimum atomic E-state index is -0.574. The molecule has 152 valence electrons. The highest BCUT2D eigenvalue weighted by Gasteiger charge is 2.15. The van der Waals surface area contributed by atoms with Gasteiger partial charge in [0.15, 0.2) is 11.9 Å². The van der Waals surface area contributed by atoms with E-state index in [1.54, 1.807) is 19.1 Å². The normalized spacial score (nSPS) is 13.3. The second kappa shape index (κ2) is 8.83. The average molecular weight is 413 g/mol. The summed E-state index contributed by atoms with van der Waals surface area (Å²) in [5.74, 6) is 0.970. The van der Waals surface area contributed by atoms with Crippen LogP contribution < -0.4 is 10.4 Å². The molecule has 0 saturated heterocycles. The van der Waals surface area contributed by atoms with Crippen molar-refractivity contribution < 1.29 is 13.9 Å². The Hall–Kier alpha value is -2.59. The summed E-state index contributed by atoms with van der Waals surface area (Å²) in [5, 5.41) is 1.35. The highest BCUT2D eigenvalue weighted by molar-refractivity contribution is 6.33. The lowest BCUT2D eigenvalue weighted by Gasteiger charge is -2.14. The molecule has 4 nitrogen and oxygen atoms in total. The number of carbonyl (C=O) groups is 1. The van der Waals surface area contributed by atoms with E-state index in [9.17, 15) is 9.59 Å². The fraction of sp³-hybridized carbons (Fsp3) is 0.333. The molecule has 0 aliphatic carbocycles. The van der Waals surface area contributed by atoms with Crippen LogP contribution in [0.1, 0.15) is 39.7 Å². The lowest BCUT2D eigenvalue weighted by atomic mass is 9.96. The summed E-state index contributed by atoms with van der Waals surface area (Å²) < 4.78 is 11.0. The summed E-state index contributed by atoms with van der Waals surface area (Å²) in [6.07, 6.45) is 1.49. The van der Waals surface area contributed by atoms with E-state index in [0.717, 1.165) is 23.8 Å². The Bertz CT molecular complexity index is 1100. The molecule has 3 rings (SSSR count). The summed E-state index contributed by atoms with van der Waals surface area (Å²) in [7, 11) is 0. The number of carbonyl (C=O) groups excluding carboxylic acids is 1. The molecule has 3 aromatic rings. The van der Waals surface area contributed by atoms with Gasteiger partial charge in [-0.2, -0.15) is 0 Å². The molecule has 0 fully saturated rings. The van der Waals surface area contributed by atoms with Gasteiger partial charge < -0.3 is 9.15 Å². The Morgan fingerprint density at radius 2 is 1.86 bits per heavy atom. The predicted molar refractivity (Wildman–Crippen MR) is 117 cm³/mol. The van der Waals surface area contributed by atoms with Crippen LogP contribution in [0.25, 0.3) is 22.1 Å². The molecule has 29 heavy (non-hydrogen) atoms. The van der Waals surface area contributed by atoms with Gasteiger partial charge in [0.05, 0.1) is 0 Å². The summed E-state index contributed by atoms with van der Waals surface area (Å²) in [6, 6.07) is 12.6. The number of hydrogen-bond acceptors (Lipinski definition) is 4. The van der Waals surface area contributed by atoms with Crippen LogP contribution in [0, 0.1) is 5.92 Å². The fourth-order valence-electron chi connectivity index (χ4n) is 3.18. The quantitative estimate of drug-likeness (QED) is 0.442. The first-order valence-electron chi connectivity index (χ1n) is 9.82. The van der Waals surface area contributed by atoms with Crippen LogP contribution >= 0.6 is 11.6 Å². The molecule has 0 saturated carbocycles. The molecule has 0 aliphatic rings. The van der Waals surface area contributed by atoms with Gasteiger partial charge >= 0.3 is 5.63 Å². The number of ether oxygens (including phenoxy) is 1. The van der Waals surface area contributed by atoms with E-state index in [-0.39, 0.29) is 5.78 Å². The van der Waals surface area contributed by atoms with Crippen LogP contribution in [-0.4, -0.2) is 11.9 Å². The van der Waals surface area contributed by atoms with E-state index in [1.807, 2.05) is 18.2 Å². The van der Waals surface area contributed by atoms with Gasteiger partial charge in [0.2, 0.25) is 0 Å². The number of fused-ring (bicyclic) bond motifs is 1. The molecule has 0 bridgehead atoms. The van der Waals surface area contributed by atoms with E-state index in [0.29, 0.717) is 27.8 Å². The van der Waals surface area contributed by atoms with Crippen molar-refractivity contribution in [1.29, 1.82) is 0 Å². The first-order chi connectivity index (χ1) is 13.8. The first-order valence-corrected chi connectivity index (χ1v) is 10.2. The summed E-state index contributed by atoms with van der Waals surface area (Å²) in [5.41, 5.74) is 2.59. The van der Waals surface area contributed by atoms with Crippen molar-refractivity contribution in [3.05, 3.63) is 63.5 Å². The van der Waals surface area contributed by atoms with Gasteiger partial charge in [-0.15, -0.1) is 0 Å². The van der Waals surface area contributed by atoms with Crippen LogP contribution in [0.5, 0.6) is 5.75 Å². The van der Waals surface area contributed by atoms with Gasteiger partial charge in [-0.25, -0.2) is 4.79 Å².